The Labute approximate surface area is 137 Å². The van der Waals surface area contributed by atoms with Crippen molar-refractivity contribution >= 4 is 17.6 Å². The summed E-state index contributed by atoms with van der Waals surface area (Å²) in [5, 5.41) is 11.2. The third kappa shape index (κ3) is 2.71. The van der Waals surface area contributed by atoms with Gasteiger partial charge in [0.05, 0.1) is 11.5 Å². The zero-order valence-corrected chi connectivity index (χ0v) is 13.0. The number of carbonyl (C=O) groups excluding carboxylic acids is 1. The molecule has 24 heavy (non-hydrogen) atoms. The van der Waals surface area contributed by atoms with Gasteiger partial charge in [0.25, 0.3) is 0 Å². The van der Waals surface area contributed by atoms with Crippen LogP contribution in [0, 0.1) is 10.1 Å². The van der Waals surface area contributed by atoms with Crippen LogP contribution >= 0.6 is 0 Å². The highest BCUT2D eigenvalue weighted by Gasteiger charge is 2.20. The monoisotopic (exact) mass is 325 g/mol. The highest BCUT2D eigenvalue weighted by Crippen LogP contribution is 2.28. The summed E-state index contributed by atoms with van der Waals surface area (Å²) in [5.41, 5.74) is 1.37. The first-order valence-electron chi connectivity index (χ1n) is 7.49. The Balaban J connectivity index is 2.10. The molecule has 3 aromatic rings. The van der Waals surface area contributed by atoms with Gasteiger partial charge < -0.3 is 4.74 Å². The molecule has 0 saturated heterocycles. The van der Waals surface area contributed by atoms with Crippen LogP contribution in [0.3, 0.4) is 0 Å². The van der Waals surface area contributed by atoms with Gasteiger partial charge in [-0.05, 0) is 36.8 Å². The molecule has 0 atom stereocenters. The quantitative estimate of drug-likeness (QED) is 0.393. The van der Waals surface area contributed by atoms with Gasteiger partial charge in [0.15, 0.2) is 6.29 Å². The topological polar surface area (TPSA) is 86.7 Å². The second kappa shape index (κ2) is 6.49. The molecule has 0 spiro atoms. The minimum Gasteiger partial charge on any atom is -0.494 e. The van der Waals surface area contributed by atoms with Crippen LogP contribution in [0.15, 0.2) is 42.6 Å². The number of aromatic nitrogens is 2. The zero-order valence-electron chi connectivity index (χ0n) is 13.0. The lowest BCUT2D eigenvalue weighted by atomic mass is 10.1. The molecule has 0 N–H and O–H groups in total. The van der Waals surface area contributed by atoms with E-state index in [-0.39, 0.29) is 17.0 Å². The van der Waals surface area contributed by atoms with E-state index in [4.69, 9.17) is 4.74 Å². The van der Waals surface area contributed by atoms with E-state index in [9.17, 15) is 14.9 Å². The molecule has 0 aliphatic rings. The number of rotatable bonds is 6. The predicted octanol–water partition coefficient (Wildman–Crippen LogP) is 3.51. The fourth-order valence-corrected chi connectivity index (χ4v) is 2.47. The van der Waals surface area contributed by atoms with Gasteiger partial charge >= 0.3 is 5.69 Å². The van der Waals surface area contributed by atoms with Gasteiger partial charge in [0, 0.05) is 17.8 Å². The van der Waals surface area contributed by atoms with Crippen LogP contribution in [0.1, 0.15) is 23.8 Å². The summed E-state index contributed by atoms with van der Waals surface area (Å²) in [6.07, 6.45) is 3.15. The molecule has 0 saturated carbocycles. The van der Waals surface area contributed by atoms with Crippen molar-refractivity contribution in [3.63, 3.8) is 0 Å². The van der Waals surface area contributed by atoms with E-state index in [2.05, 4.69) is 4.98 Å². The molecule has 3 rings (SSSR count). The lowest BCUT2D eigenvalue weighted by Crippen LogP contribution is -1.96. The number of nitro groups is 1. The first-order valence-corrected chi connectivity index (χ1v) is 7.49. The van der Waals surface area contributed by atoms with E-state index >= 15 is 0 Å². The van der Waals surface area contributed by atoms with Crippen LogP contribution in [0.25, 0.3) is 16.9 Å². The fraction of sp³-hybridized carbons (Fsp3) is 0.176. The number of fused-ring (bicyclic) bond motifs is 1. The van der Waals surface area contributed by atoms with Gasteiger partial charge in [0.2, 0.25) is 5.65 Å². The van der Waals surface area contributed by atoms with Gasteiger partial charge in [-0.1, -0.05) is 6.92 Å². The van der Waals surface area contributed by atoms with Crippen molar-refractivity contribution in [3.05, 3.63) is 58.4 Å². The number of carbonyl (C=O) groups is 1. The number of pyridine rings is 1. The lowest BCUT2D eigenvalue weighted by Gasteiger charge is -2.05. The standard InChI is InChI=1S/C17H15N3O4/c1-2-10-24-13-7-5-12(6-8-13)16-15(11-21)19-9-3-4-14(20(22)23)17(19)18-16/h3-9,11H,2,10H2,1H3. The highest BCUT2D eigenvalue weighted by molar-refractivity contribution is 5.87. The van der Waals surface area contributed by atoms with Gasteiger partial charge in [-0.2, -0.15) is 0 Å². The van der Waals surface area contributed by atoms with Crippen LogP contribution < -0.4 is 4.74 Å². The van der Waals surface area contributed by atoms with Crippen molar-refractivity contribution in [2.75, 3.05) is 6.61 Å². The molecule has 0 fully saturated rings. The summed E-state index contributed by atoms with van der Waals surface area (Å²) in [6.45, 7) is 2.65. The Hall–Kier alpha value is -3.22. The molecule has 0 radical (unpaired) electrons. The summed E-state index contributed by atoms with van der Waals surface area (Å²) < 4.78 is 6.96. The minimum absolute atomic E-state index is 0.144. The molecule has 1 aromatic carbocycles. The number of hydrogen-bond acceptors (Lipinski definition) is 5. The Morgan fingerprint density at radius 3 is 2.67 bits per heavy atom. The summed E-state index contributed by atoms with van der Waals surface area (Å²) in [5.74, 6) is 0.725. The molecular weight excluding hydrogens is 310 g/mol. The minimum atomic E-state index is -0.512. The smallest absolute Gasteiger partial charge is 0.312 e. The van der Waals surface area contributed by atoms with Crippen molar-refractivity contribution in [1.82, 2.24) is 9.38 Å². The van der Waals surface area contributed by atoms with Crippen molar-refractivity contribution < 1.29 is 14.5 Å². The average Bonchev–Trinajstić information content (AvgIpc) is 2.98. The number of imidazole rings is 1. The van der Waals surface area contributed by atoms with Crippen LogP contribution in [0.2, 0.25) is 0 Å². The molecule has 7 nitrogen and oxygen atoms in total. The van der Waals surface area contributed by atoms with Gasteiger partial charge in [0.1, 0.15) is 17.1 Å². The normalized spacial score (nSPS) is 10.7. The van der Waals surface area contributed by atoms with Crippen LogP contribution in [0.4, 0.5) is 5.69 Å². The SMILES string of the molecule is CCCOc1ccc(-c2nc3c([N+](=O)[O-])cccn3c2C=O)cc1. The van der Waals surface area contributed by atoms with Crippen molar-refractivity contribution in [1.29, 1.82) is 0 Å². The molecule has 0 amide bonds. The second-order valence-electron chi connectivity index (χ2n) is 5.18. The van der Waals surface area contributed by atoms with Crippen LogP contribution in [-0.4, -0.2) is 27.2 Å². The molecule has 0 bridgehead atoms. The summed E-state index contributed by atoms with van der Waals surface area (Å²) in [7, 11) is 0. The Morgan fingerprint density at radius 2 is 2.04 bits per heavy atom. The first-order chi connectivity index (χ1) is 11.7. The summed E-state index contributed by atoms with van der Waals surface area (Å²) in [4.78, 5) is 26.5. The molecule has 0 unspecified atom stereocenters. The van der Waals surface area contributed by atoms with Crippen molar-refractivity contribution in [2.24, 2.45) is 0 Å². The molecule has 2 heterocycles. The number of nitrogens with zero attached hydrogens (tertiary/aromatic N) is 3. The lowest BCUT2D eigenvalue weighted by molar-refractivity contribution is -0.383. The molecule has 2 aromatic heterocycles. The van der Waals surface area contributed by atoms with Crippen molar-refractivity contribution in [3.8, 4) is 17.0 Å². The number of benzene rings is 1. The molecule has 7 heteroatoms. The largest absolute Gasteiger partial charge is 0.494 e. The second-order valence-corrected chi connectivity index (χ2v) is 5.18. The van der Waals surface area contributed by atoms with Crippen LogP contribution in [-0.2, 0) is 0 Å². The van der Waals surface area contributed by atoms with E-state index in [0.717, 1.165) is 12.2 Å². The number of aldehydes is 1. The first kappa shape index (κ1) is 15.7. The number of hydrogen-bond donors (Lipinski definition) is 0. The van der Waals surface area contributed by atoms with Gasteiger partial charge in [-0.15, -0.1) is 0 Å². The van der Waals surface area contributed by atoms with Crippen molar-refractivity contribution in [2.45, 2.75) is 13.3 Å². The zero-order chi connectivity index (χ0) is 17.1. The maximum atomic E-state index is 11.5. The van der Waals surface area contributed by atoms with E-state index in [1.54, 1.807) is 30.5 Å². The number of ether oxygens (including phenoxy) is 1. The third-order valence-corrected chi connectivity index (χ3v) is 3.58. The Bertz CT molecular complexity index is 900. The summed E-state index contributed by atoms with van der Waals surface area (Å²) in [6, 6.07) is 10.0. The van der Waals surface area contributed by atoms with Gasteiger partial charge in [-0.25, -0.2) is 4.98 Å². The molecule has 0 aliphatic carbocycles. The van der Waals surface area contributed by atoms with E-state index in [1.807, 2.05) is 6.92 Å². The maximum Gasteiger partial charge on any atom is 0.312 e. The molecule has 122 valence electrons. The van der Waals surface area contributed by atoms with E-state index < -0.39 is 4.92 Å². The summed E-state index contributed by atoms with van der Waals surface area (Å²) >= 11 is 0. The van der Waals surface area contributed by atoms with E-state index in [0.29, 0.717) is 24.2 Å². The van der Waals surface area contributed by atoms with E-state index in [1.165, 1.54) is 16.5 Å². The third-order valence-electron chi connectivity index (χ3n) is 3.58. The Morgan fingerprint density at radius 1 is 1.29 bits per heavy atom. The molecule has 0 aliphatic heterocycles. The molecular formula is C17H15N3O4. The van der Waals surface area contributed by atoms with Gasteiger partial charge in [-0.3, -0.25) is 19.3 Å². The maximum absolute atomic E-state index is 11.5. The average molecular weight is 325 g/mol. The Kier molecular flexibility index (Phi) is 4.24. The predicted molar refractivity (Wildman–Crippen MR) is 88.5 cm³/mol. The fourth-order valence-electron chi connectivity index (χ4n) is 2.47. The van der Waals surface area contributed by atoms with Crippen LogP contribution in [0.5, 0.6) is 5.75 Å². The highest BCUT2D eigenvalue weighted by atomic mass is 16.6.